The molecule has 104 valence electrons. The molecule has 1 aromatic heterocycles. The standard InChI is InChI=1S/C13H13N3O2S2/c1-13(2,3)16-11(17)18-12-15-9-5-4-8(19-7-14)6-10(9)20-12/h4-6H,1-3H3,(H,16,17). The van der Waals surface area contributed by atoms with Crippen LogP contribution in [-0.2, 0) is 0 Å². The average Bonchev–Trinajstić information content (AvgIpc) is 2.67. The van der Waals surface area contributed by atoms with Gasteiger partial charge in [0.25, 0.3) is 5.19 Å². The maximum Gasteiger partial charge on any atom is 0.414 e. The van der Waals surface area contributed by atoms with Gasteiger partial charge in [0.05, 0.1) is 10.2 Å². The van der Waals surface area contributed by atoms with Gasteiger partial charge in [0.1, 0.15) is 5.40 Å². The largest absolute Gasteiger partial charge is 0.414 e. The van der Waals surface area contributed by atoms with Crippen LogP contribution in [0.3, 0.4) is 0 Å². The molecule has 1 N–H and O–H groups in total. The zero-order valence-electron chi connectivity index (χ0n) is 11.3. The highest BCUT2D eigenvalue weighted by atomic mass is 32.2. The molecule has 2 aromatic rings. The van der Waals surface area contributed by atoms with E-state index < -0.39 is 6.09 Å². The summed E-state index contributed by atoms with van der Waals surface area (Å²) in [6, 6.07) is 5.48. The van der Waals surface area contributed by atoms with E-state index in [0.29, 0.717) is 5.19 Å². The number of carbonyl (C=O) groups excluding carboxylic acids is 1. The summed E-state index contributed by atoms with van der Waals surface area (Å²) in [7, 11) is 0. The number of amides is 1. The number of rotatable bonds is 2. The summed E-state index contributed by atoms with van der Waals surface area (Å²) in [4.78, 5) is 16.7. The summed E-state index contributed by atoms with van der Waals surface area (Å²) in [5, 5.41) is 13.7. The third kappa shape index (κ3) is 3.85. The fourth-order valence-electron chi connectivity index (χ4n) is 1.45. The number of hydrogen-bond donors (Lipinski definition) is 1. The van der Waals surface area contributed by atoms with Gasteiger partial charge < -0.3 is 10.1 Å². The van der Waals surface area contributed by atoms with Crippen LogP contribution in [0.5, 0.6) is 5.19 Å². The summed E-state index contributed by atoms with van der Waals surface area (Å²) in [6.45, 7) is 5.62. The molecule has 1 amide bonds. The van der Waals surface area contributed by atoms with Crippen LogP contribution in [0.1, 0.15) is 20.8 Å². The maximum absolute atomic E-state index is 11.7. The van der Waals surface area contributed by atoms with Crippen molar-refractivity contribution in [1.82, 2.24) is 10.3 Å². The maximum atomic E-state index is 11.7. The SMILES string of the molecule is CC(C)(C)NC(=O)Oc1nc2ccc(SC#N)cc2s1. The number of hydrogen-bond acceptors (Lipinski definition) is 6. The molecule has 0 atom stereocenters. The minimum absolute atomic E-state index is 0.292. The molecule has 0 aliphatic rings. The van der Waals surface area contributed by atoms with Crippen molar-refractivity contribution in [3.05, 3.63) is 18.2 Å². The first kappa shape index (κ1) is 14.6. The summed E-state index contributed by atoms with van der Waals surface area (Å²) < 4.78 is 6.04. The number of aromatic nitrogens is 1. The third-order valence-corrected chi connectivity index (χ3v) is 3.64. The molecule has 7 heteroatoms. The molecule has 0 saturated heterocycles. The van der Waals surface area contributed by atoms with Crippen LogP contribution in [-0.4, -0.2) is 16.6 Å². The summed E-state index contributed by atoms with van der Waals surface area (Å²) in [6.07, 6.45) is -0.525. The van der Waals surface area contributed by atoms with Gasteiger partial charge in [-0.05, 0) is 50.7 Å². The Morgan fingerprint density at radius 2 is 2.25 bits per heavy atom. The minimum atomic E-state index is -0.525. The highest BCUT2D eigenvalue weighted by molar-refractivity contribution is 8.03. The lowest BCUT2D eigenvalue weighted by Gasteiger charge is -2.18. The highest BCUT2D eigenvalue weighted by Gasteiger charge is 2.17. The Hall–Kier alpha value is -1.78. The molecular formula is C13H13N3O2S2. The normalized spacial score (nSPS) is 11.1. The van der Waals surface area contributed by atoms with Crippen molar-refractivity contribution in [3.63, 3.8) is 0 Å². The Bertz CT molecular complexity index is 683. The summed E-state index contributed by atoms with van der Waals surface area (Å²) in [5.74, 6) is 0. The van der Waals surface area contributed by atoms with Crippen LogP contribution < -0.4 is 10.1 Å². The number of nitriles is 1. The molecule has 0 saturated carbocycles. The number of fused-ring (bicyclic) bond motifs is 1. The number of thiazole rings is 1. The molecule has 20 heavy (non-hydrogen) atoms. The topological polar surface area (TPSA) is 75.0 Å². The molecule has 0 bridgehead atoms. The van der Waals surface area contributed by atoms with Gasteiger partial charge in [-0.25, -0.2) is 9.78 Å². The molecule has 0 aliphatic heterocycles. The molecule has 2 rings (SSSR count). The zero-order valence-corrected chi connectivity index (χ0v) is 12.9. The van der Waals surface area contributed by atoms with Gasteiger partial charge in [-0.15, -0.1) is 0 Å². The predicted octanol–water partition coefficient (Wildman–Crippen LogP) is 3.76. The summed E-state index contributed by atoms with van der Waals surface area (Å²) >= 11 is 2.36. The molecule has 0 aliphatic carbocycles. The van der Waals surface area contributed by atoms with Crippen molar-refractivity contribution in [1.29, 1.82) is 5.26 Å². The van der Waals surface area contributed by atoms with Crippen LogP contribution in [0, 0.1) is 10.7 Å². The Morgan fingerprint density at radius 1 is 1.50 bits per heavy atom. The lowest BCUT2D eigenvalue weighted by atomic mass is 10.1. The molecule has 1 aromatic carbocycles. The monoisotopic (exact) mass is 307 g/mol. The van der Waals surface area contributed by atoms with E-state index in [0.717, 1.165) is 26.9 Å². The Kier molecular flexibility index (Phi) is 4.16. The van der Waals surface area contributed by atoms with E-state index in [9.17, 15) is 4.79 Å². The van der Waals surface area contributed by atoms with Crippen LogP contribution in [0.15, 0.2) is 23.1 Å². The van der Waals surface area contributed by atoms with Gasteiger partial charge in [0.2, 0.25) is 0 Å². The first-order valence-electron chi connectivity index (χ1n) is 5.84. The van der Waals surface area contributed by atoms with E-state index in [-0.39, 0.29) is 5.54 Å². The van der Waals surface area contributed by atoms with Crippen LogP contribution in [0.25, 0.3) is 10.2 Å². The van der Waals surface area contributed by atoms with Crippen molar-refractivity contribution < 1.29 is 9.53 Å². The van der Waals surface area contributed by atoms with E-state index >= 15 is 0 Å². The lowest BCUT2D eigenvalue weighted by Crippen LogP contribution is -2.42. The van der Waals surface area contributed by atoms with Crippen molar-refractivity contribution in [2.75, 3.05) is 0 Å². The number of nitrogens with one attached hydrogen (secondary N) is 1. The second-order valence-electron chi connectivity index (χ2n) is 5.07. The molecule has 1 heterocycles. The highest BCUT2D eigenvalue weighted by Crippen LogP contribution is 2.31. The van der Waals surface area contributed by atoms with Crippen molar-refractivity contribution in [2.45, 2.75) is 31.2 Å². The van der Waals surface area contributed by atoms with E-state index in [1.807, 2.05) is 38.3 Å². The average molecular weight is 307 g/mol. The lowest BCUT2D eigenvalue weighted by molar-refractivity contribution is 0.190. The number of nitrogens with zero attached hydrogens (tertiary/aromatic N) is 2. The molecule has 5 nitrogen and oxygen atoms in total. The van der Waals surface area contributed by atoms with Crippen molar-refractivity contribution in [3.8, 4) is 10.6 Å². The molecule has 0 unspecified atom stereocenters. The van der Waals surface area contributed by atoms with Gasteiger partial charge in [0.15, 0.2) is 0 Å². The molecular weight excluding hydrogens is 294 g/mol. The smallest absolute Gasteiger partial charge is 0.381 e. The van der Waals surface area contributed by atoms with E-state index in [4.69, 9.17) is 10.00 Å². The minimum Gasteiger partial charge on any atom is -0.381 e. The van der Waals surface area contributed by atoms with Crippen LogP contribution in [0.4, 0.5) is 4.79 Å². The quantitative estimate of drug-likeness (QED) is 0.675. The van der Waals surface area contributed by atoms with Crippen LogP contribution >= 0.6 is 23.1 Å². The first-order chi connectivity index (χ1) is 9.37. The van der Waals surface area contributed by atoms with Gasteiger partial charge in [0, 0.05) is 10.4 Å². The van der Waals surface area contributed by atoms with Gasteiger partial charge in [-0.1, -0.05) is 11.3 Å². The number of thioether (sulfide) groups is 1. The van der Waals surface area contributed by atoms with Gasteiger partial charge >= 0.3 is 6.09 Å². The first-order valence-corrected chi connectivity index (χ1v) is 7.47. The second kappa shape index (κ2) is 5.69. The van der Waals surface area contributed by atoms with E-state index in [1.165, 1.54) is 11.3 Å². The van der Waals surface area contributed by atoms with Crippen LogP contribution in [0.2, 0.25) is 0 Å². The third-order valence-electron chi connectivity index (χ3n) is 2.16. The second-order valence-corrected chi connectivity index (χ2v) is 6.92. The van der Waals surface area contributed by atoms with E-state index in [1.54, 1.807) is 6.07 Å². The Balaban J connectivity index is 2.16. The number of carbonyl (C=O) groups is 1. The Labute approximate surface area is 125 Å². The molecule has 0 radical (unpaired) electrons. The van der Waals surface area contributed by atoms with E-state index in [2.05, 4.69) is 10.3 Å². The summed E-state index contributed by atoms with van der Waals surface area (Å²) in [5.41, 5.74) is 0.389. The number of ether oxygens (including phenoxy) is 1. The molecule has 0 fully saturated rings. The fraction of sp³-hybridized carbons (Fsp3) is 0.308. The van der Waals surface area contributed by atoms with Gasteiger partial charge in [-0.2, -0.15) is 5.26 Å². The number of thiocyanates is 1. The number of benzene rings is 1. The van der Waals surface area contributed by atoms with Crippen molar-refractivity contribution >= 4 is 39.4 Å². The fourth-order valence-corrected chi connectivity index (χ4v) is 2.80. The molecule has 0 spiro atoms. The van der Waals surface area contributed by atoms with Crippen molar-refractivity contribution in [2.24, 2.45) is 0 Å². The zero-order chi connectivity index (χ0) is 14.8. The van der Waals surface area contributed by atoms with Gasteiger partial charge in [-0.3, -0.25) is 0 Å². The Morgan fingerprint density at radius 3 is 2.90 bits per heavy atom. The predicted molar refractivity (Wildman–Crippen MR) is 80.0 cm³/mol.